The van der Waals surface area contributed by atoms with Gasteiger partial charge in [0.15, 0.2) is 0 Å². The molecule has 2 aliphatic rings. The summed E-state index contributed by atoms with van der Waals surface area (Å²) in [5.41, 5.74) is 3.17. The summed E-state index contributed by atoms with van der Waals surface area (Å²) in [6.45, 7) is 6.77. The minimum Gasteiger partial charge on any atom is -0.122 e. The van der Waals surface area contributed by atoms with Crippen LogP contribution in [0.1, 0.15) is 27.2 Å². The molecule has 0 bridgehead atoms. The van der Waals surface area contributed by atoms with Crippen molar-refractivity contribution in [3.05, 3.63) is 34.3 Å². The minimum absolute atomic E-state index is 0.639. The maximum atomic E-state index is 2.33. The Kier molecular flexibility index (Phi) is 2.37. The topological polar surface area (TPSA) is 0 Å². The molecule has 1 fully saturated rings. The van der Waals surface area contributed by atoms with Crippen LogP contribution in [0.4, 0.5) is 0 Å². The fraction of sp³-hybridized carbons (Fsp3) is 0.500. The van der Waals surface area contributed by atoms with E-state index in [2.05, 4.69) is 50.8 Å². The Balaban J connectivity index is 2.37. The van der Waals surface area contributed by atoms with Gasteiger partial charge in [-0.2, -0.15) is 0 Å². The molecule has 0 aromatic heterocycles. The smallest absolute Gasteiger partial charge is 0.0310 e. The van der Waals surface area contributed by atoms with Crippen LogP contribution in [0.25, 0.3) is 0 Å². The molecule has 0 nitrogen and oxygen atoms in total. The zero-order valence-electron chi connectivity index (χ0n) is 8.50. The first-order valence-corrected chi connectivity index (χ1v) is 5.84. The van der Waals surface area contributed by atoms with E-state index < -0.39 is 0 Å². The Morgan fingerprint density at radius 3 is 2.85 bits per heavy atom. The molecule has 13 heavy (non-hydrogen) atoms. The predicted molar refractivity (Wildman–Crippen MR) is 60.8 cm³/mol. The molecule has 1 aliphatic heterocycles. The van der Waals surface area contributed by atoms with E-state index in [4.69, 9.17) is 0 Å². The molecule has 0 N–H and O–H groups in total. The second kappa shape index (κ2) is 3.38. The Labute approximate surface area is 84.8 Å². The number of allylic oxidation sites excluding steroid dienone is 5. The van der Waals surface area contributed by atoms with Crippen LogP contribution in [0.15, 0.2) is 34.3 Å². The fourth-order valence-electron chi connectivity index (χ4n) is 2.19. The molecule has 1 aliphatic carbocycles. The fourth-order valence-corrected chi connectivity index (χ4v) is 3.71. The summed E-state index contributed by atoms with van der Waals surface area (Å²) in [6.07, 6.45) is 8.06. The van der Waals surface area contributed by atoms with Gasteiger partial charge in [0.25, 0.3) is 0 Å². The second-order valence-electron chi connectivity index (χ2n) is 3.90. The summed E-state index contributed by atoms with van der Waals surface area (Å²) in [6, 6.07) is 0. The molecule has 1 heteroatoms. The van der Waals surface area contributed by atoms with Gasteiger partial charge in [0.2, 0.25) is 0 Å². The molecule has 0 aromatic carbocycles. The van der Waals surface area contributed by atoms with Gasteiger partial charge >= 0.3 is 0 Å². The minimum atomic E-state index is 0.639. The lowest BCUT2D eigenvalue weighted by Crippen LogP contribution is -2.05. The summed E-state index contributed by atoms with van der Waals surface area (Å²) in [5, 5.41) is 0.742. The van der Waals surface area contributed by atoms with Gasteiger partial charge in [-0.05, 0) is 30.7 Å². The normalized spacial score (nSPS) is 30.7. The monoisotopic (exact) mass is 192 g/mol. The van der Waals surface area contributed by atoms with Crippen molar-refractivity contribution in [3.8, 4) is 0 Å². The largest absolute Gasteiger partial charge is 0.122 e. The zero-order chi connectivity index (χ0) is 9.42. The Bertz CT molecular complexity index is 303. The highest BCUT2D eigenvalue weighted by Gasteiger charge is 2.34. The summed E-state index contributed by atoms with van der Waals surface area (Å²) in [5.74, 6) is 0.639. The third kappa shape index (κ3) is 1.39. The lowest BCUT2D eigenvalue weighted by atomic mass is 9.93. The van der Waals surface area contributed by atoms with Crippen LogP contribution < -0.4 is 0 Å². The van der Waals surface area contributed by atoms with Gasteiger partial charge in [-0.3, -0.25) is 0 Å². The van der Waals surface area contributed by atoms with Crippen molar-refractivity contribution in [2.75, 3.05) is 0 Å². The van der Waals surface area contributed by atoms with E-state index in [9.17, 15) is 0 Å². The Morgan fingerprint density at radius 1 is 1.46 bits per heavy atom. The maximum absolute atomic E-state index is 2.33. The van der Waals surface area contributed by atoms with E-state index in [1.54, 1.807) is 10.5 Å². The molecule has 0 saturated carbocycles. The van der Waals surface area contributed by atoms with Crippen LogP contribution in [0.3, 0.4) is 0 Å². The first-order chi connectivity index (χ1) is 6.24. The molecule has 0 spiro atoms. The number of rotatable bonds is 1. The molecule has 0 amide bonds. The molecule has 70 valence electrons. The summed E-state index contributed by atoms with van der Waals surface area (Å²) < 4.78 is 0. The van der Waals surface area contributed by atoms with Gasteiger partial charge in [-0.15, -0.1) is 11.8 Å². The first kappa shape index (κ1) is 9.14. The molecule has 2 atom stereocenters. The van der Waals surface area contributed by atoms with Crippen LogP contribution in [-0.4, -0.2) is 5.25 Å². The van der Waals surface area contributed by atoms with Crippen molar-refractivity contribution < 1.29 is 0 Å². The van der Waals surface area contributed by atoms with Crippen molar-refractivity contribution >= 4 is 11.8 Å². The van der Waals surface area contributed by atoms with E-state index in [1.807, 2.05) is 0 Å². The molecule has 2 rings (SSSR count). The number of hydrogen-bond acceptors (Lipinski definition) is 1. The van der Waals surface area contributed by atoms with Gasteiger partial charge in [-0.25, -0.2) is 0 Å². The summed E-state index contributed by atoms with van der Waals surface area (Å²) in [4.78, 5) is 1.56. The Hall–Kier alpha value is -0.430. The molecule has 2 unspecified atom stereocenters. The average Bonchev–Trinajstić information content (AvgIpc) is 2.59. The highest BCUT2D eigenvalue weighted by Crippen LogP contribution is 2.50. The lowest BCUT2D eigenvalue weighted by Gasteiger charge is -2.12. The third-order valence-corrected chi connectivity index (χ3v) is 4.31. The van der Waals surface area contributed by atoms with Crippen molar-refractivity contribution in [2.45, 2.75) is 32.4 Å². The summed E-state index contributed by atoms with van der Waals surface area (Å²) >= 11 is 2.06. The predicted octanol–water partition coefficient (Wildman–Crippen LogP) is 3.92. The SMILES string of the molecule is CCC1SC2=CC=CC2C1=C(C)C. The summed E-state index contributed by atoms with van der Waals surface area (Å²) in [7, 11) is 0. The van der Waals surface area contributed by atoms with Crippen LogP contribution in [-0.2, 0) is 0 Å². The molecule has 0 radical (unpaired) electrons. The molecule has 1 heterocycles. The van der Waals surface area contributed by atoms with Crippen molar-refractivity contribution in [2.24, 2.45) is 5.92 Å². The van der Waals surface area contributed by atoms with Crippen molar-refractivity contribution in [1.29, 1.82) is 0 Å². The Morgan fingerprint density at radius 2 is 2.23 bits per heavy atom. The molecule has 0 aromatic rings. The van der Waals surface area contributed by atoms with Crippen LogP contribution >= 0.6 is 11.8 Å². The van der Waals surface area contributed by atoms with Gasteiger partial charge < -0.3 is 0 Å². The quantitative estimate of drug-likeness (QED) is 0.567. The number of hydrogen-bond donors (Lipinski definition) is 0. The van der Waals surface area contributed by atoms with Gasteiger partial charge in [0.1, 0.15) is 0 Å². The lowest BCUT2D eigenvalue weighted by molar-refractivity contribution is 0.837. The number of fused-ring (bicyclic) bond motifs is 1. The third-order valence-electron chi connectivity index (χ3n) is 2.78. The van der Waals surface area contributed by atoms with Gasteiger partial charge in [0, 0.05) is 11.2 Å². The molecular formula is C12H16S. The van der Waals surface area contributed by atoms with E-state index in [-0.39, 0.29) is 0 Å². The maximum Gasteiger partial charge on any atom is 0.0310 e. The van der Waals surface area contributed by atoms with E-state index in [1.165, 1.54) is 12.0 Å². The average molecular weight is 192 g/mol. The van der Waals surface area contributed by atoms with Gasteiger partial charge in [0.05, 0.1) is 0 Å². The first-order valence-electron chi connectivity index (χ1n) is 4.96. The van der Waals surface area contributed by atoms with Crippen molar-refractivity contribution in [1.82, 2.24) is 0 Å². The van der Waals surface area contributed by atoms with E-state index in [0.717, 1.165) is 5.25 Å². The molecule has 1 saturated heterocycles. The van der Waals surface area contributed by atoms with Crippen LogP contribution in [0.2, 0.25) is 0 Å². The highest BCUT2D eigenvalue weighted by atomic mass is 32.2. The molecular weight excluding hydrogens is 176 g/mol. The van der Waals surface area contributed by atoms with E-state index >= 15 is 0 Å². The highest BCUT2D eigenvalue weighted by molar-refractivity contribution is 8.04. The van der Waals surface area contributed by atoms with Crippen molar-refractivity contribution in [3.63, 3.8) is 0 Å². The van der Waals surface area contributed by atoms with E-state index in [0.29, 0.717) is 5.92 Å². The van der Waals surface area contributed by atoms with Crippen LogP contribution in [0, 0.1) is 5.92 Å². The standard InChI is InChI=1S/C12H16S/c1-4-10-12(8(2)3)9-6-5-7-11(9)13-10/h5-7,9-10H,4H2,1-3H3. The number of thioether (sulfide) groups is 1. The zero-order valence-corrected chi connectivity index (χ0v) is 9.32. The second-order valence-corrected chi connectivity index (χ2v) is 5.18. The van der Waals surface area contributed by atoms with Crippen LogP contribution in [0.5, 0.6) is 0 Å². The van der Waals surface area contributed by atoms with Gasteiger partial charge in [-0.1, -0.05) is 30.7 Å².